The number of thiophene rings is 1. The van der Waals surface area contributed by atoms with Crippen molar-refractivity contribution in [2.45, 2.75) is 44.4 Å². The standard InChI is InChI=1S/C15H24N2O2S/c1-16(13-7-3-4-8-14(13)18)11-15(19)17(2)10-12-6-5-9-20-12/h5-6,9,13-14,18H,3-4,7-8,10-11H2,1-2H3. The van der Waals surface area contributed by atoms with E-state index in [0.717, 1.165) is 25.7 Å². The van der Waals surface area contributed by atoms with Crippen molar-refractivity contribution >= 4 is 17.2 Å². The lowest BCUT2D eigenvalue weighted by Gasteiger charge is -2.35. The number of likely N-dealkylation sites (N-methyl/N-ethyl adjacent to an activating group) is 2. The van der Waals surface area contributed by atoms with Crippen LogP contribution in [0.15, 0.2) is 17.5 Å². The summed E-state index contributed by atoms with van der Waals surface area (Å²) >= 11 is 1.67. The molecule has 1 aliphatic carbocycles. The van der Waals surface area contributed by atoms with E-state index in [2.05, 4.69) is 0 Å². The molecule has 0 aromatic carbocycles. The molecule has 0 spiro atoms. The molecule has 5 heteroatoms. The summed E-state index contributed by atoms with van der Waals surface area (Å²) in [4.78, 5) is 17.2. The third-order valence-electron chi connectivity index (χ3n) is 4.04. The van der Waals surface area contributed by atoms with Gasteiger partial charge in [0.25, 0.3) is 0 Å². The molecular formula is C15H24N2O2S. The Bertz CT molecular complexity index is 422. The Balaban J connectivity index is 1.83. The lowest BCUT2D eigenvalue weighted by atomic mass is 9.91. The molecule has 0 saturated heterocycles. The Hall–Kier alpha value is -0.910. The third kappa shape index (κ3) is 4.04. The van der Waals surface area contributed by atoms with Crippen LogP contribution in [0.4, 0.5) is 0 Å². The van der Waals surface area contributed by atoms with E-state index in [-0.39, 0.29) is 18.1 Å². The van der Waals surface area contributed by atoms with Gasteiger partial charge in [0.2, 0.25) is 5.91 Å². The molecule has 0 radical (unpaired) electrons. The molecule has 0 aliphatic heterocycles. The van der Waals surface area contributed by atoms with Crippen molar-refractivity contribution in [3.63, 3.8) is 0 Å². The smallest absolute Gasteiger partial charge is 0.236 e. The summed E-state index contributed by atoms with van der Waals surface area (Å²) in [5.41, 5.74) is 0. The average molecular weight is 296 g/mol. The molecular weight excluding hydrogens is 272 g/mol. The number of hydrogen-bond donors (Lipinski definition) is 1. The van der Waals surface area contributed by atoms with Gasteiger partial charge in [0.1, 0.15) is 0 Å². The highest BCUT2D eigenvalue weighted by atomic mass is 32.1. The van der Waals surface area contributed by atoms with Gasteiger partial charge in [0.05, 0.1) is 19.2 Å². The number of aliphatic hydroxyl groups is 1. The predicted octanol–water partition coefficient (Wildman–Crippen LogP) is 1.94. The summed E-state index contributed by atoms with van der Waals surface area (Å²) in [5.74, 6) is 0.110. The normalized spacial score (nSPS) is 23.0. The molecule has 1 saturated carbocycles. The van der Waals surface area contributed by atoms with Crippen LogP contribution < -0.4 is 0 Å². The van der Waals surface area contributed by atoms with Gasteiger partial charge in [-0.05, 0) is 31.3 Å². The van der Waals surface area contributed by atoms with Gasteiger partial charge in [-0.3, -0.25) is 9.69 Å². The second kappa shape index (κ2) is 7.20. The highest BCUT2D eigenvalue weighted by Crippen LogP contribution is 2.22. The van der Waals surface area contributed by atoms with E-state index in [1.807, 2.05) is 36.5 Å². The van der Waals surface area contributed by atoms with Crippen LogP contribution in [0, 0.1) is 0 Å². The molecule has 1 aromatic rings. The largest absolute Gasteiger partial charge is 0.391 e. The Kier molecular flexibility index (Phi) is 5.57. The van der Waals surface area contributed by atoms with Crippen LogP contribution in [0.25, 0.3) is 0 Å². The Morgan fingerprint density at radius 3 is 2.80 bits per heavy atom. The number of amides is 1. The quantitative estimate of drug-likeness (QED) is 0.903. The van der Waals surface area contributed by atoms with Gasteiger partial charge in [-0.15, -0.1) is 11.3 Å². The van der Waals surface area contributed by atoms with Crippen LogP contribution in [0.3, 0.4) is 0 Å². The topological polar surface area (TPSA) is 43.8 Å². The number of aliphatic hydroxyl groups excluding tert-OH is 1. The van der Waals surface area contributed by atoms with Gasteiger partial charge in [0.15, 0.2) is 0 Å². The first-order chi connectivity index (χ1) is 9.58. The van der Waals surface area contributed by atoms with E-state index < -0.39 is 0 Å². The summed E-state index contributed by atoms with van der Waals surface area (Å²) < 4.78 is 0. The summed E-state index contributed by atoms with van der Waals surface area (Å²) in [6.45, 7) is 1.04. The molecule has 1 aromatic heterocycles. The van der Waals surface area contributed by atoms with Gasteiger partial charge in [0, 0.05) is 18.0 Å². The first-order valence-electron chi connectivity index (χ1n) is 7.22. The molecule has 1 heterocycles. The Labute approximate surface area is 125 Å². The van der Waals surface area contributed by atoms with Crippen molar-refractivity contribution in [1.29, 1.82) is 0 Å². The second-order valence-corrected chi connectivity index (χ2v) is 6.70. The molecule has 1 aliphatic rings. The lowest BCUT2D eigenvalue weighted by molar-refractivity contribution is -0.132. The van der Waals surface area contributed by atoms with Crippen molar-refractivity contribution in [3.8, 4) is 0 Å². The van der Waals surface area contributed by atoms with Crippen molar-refractivity contribution in [2.75, 3.05) is 20.6 Å². The Morgan fingerprint density at radius 2 is 2.15 bits per heavy atom. The maximum atomic E-state index is 12.2. The zero-order chi connectivity index (χ0) is 14.5. The SMILES string of the molecule is CN(Cc1cccs1)C(=O)CN(C)C1CCCCC1O. The molecule has 1 N–H and O–H groups in total. The predicted molar refractivity (Wildman–Crippen MR) is 81.7 cm³/mol. The van der Waals surface area contributed by atoms with Crippen LogP contribution in [0.2, 0.25) is 0 Å². The van der Waals surface area contributed by atoms with Gasteiger partial charge in [-0.25, -0.2) is 0 Å². The molecule has 1 amide bonds. The van der Waals surface area contributed by atoms with E-state index in [0.29, 0.717) is 13.1 Å². The highest BCUT2D eigenvalue weighted by Gasteiger charge is 2.28. The lowest BCUT2D eigenvalue weighted by Crippen LogP contribution is -2.47. The fraction of sp³-hybridized carbons (Fsp3) is 0.667. The highest BCUT2D eigenvalue weighted by molar-refractivity contribution is 7.09. The number of hydrogen-bond acceptors (Lipinski definition) is 4. The average Bonchev–Trinajstić information content (AvgIpc) is 2.91. The van der Waals surface area contributed by atoms with Crippen LogP contribution in [0.1, 0.15) is 30.6 Å². The summed E-state index contributed by atoms with van der Waals surface area (Å²) in [5, 5.41) is 12.1. The van der Waals surface area contributed by atoms with E-state index in [9.17, 15) is 9.90 Å². The number of carbonyl (C=O) groups is 1. The van der Waals surface area contributed by atoms with E-state index in [4.69, 9.17) is 0 Å². The van der Waals surface area contributed by atoms with Gasteiger partial charge in [-0.2, -0.15) is 0 Å². The number of nitrogens with zero attached hydrogens (tertiary/aromatic N) is 2. The van der Waals surface area contributed by atoms with Crippen LogP contribution in [0.5, 0.6) is 0 Å². The van der Waals surface area contributed by atoms with Gasteiger partial charge >= 0.3 is 0 Å². The summed E-state index contributed by atoms with van der Waals surface area (Å²) in [7, 11) is 3.78. The Morgan fingerprint density at radius 1 is 1.40 bits per heavy atom. The summed E-state index contributed by atoms with van der Waals surface area (Å²) in [6.07, 6.45) is 3.79. The maximum absolute atomic E-state index is 12.2. The third-order valence-corrected chi connectivity index (χ3v) is 4.90. The van der Waals surface area contributed by atoms with Crippen molar-refractivity contribution in [3.05, 3.63) is 22.4 Å². The van der Waals surface area contributed by atoms with Gasteiger partial charge in [-0.1, -0.05) is 18.9 Å². The maximum Gasteiger partial charge on any atom is 0.236 e. The first-order valence-corrected chi connectivity index (χ1v) is 8.10. The zero-order valence-electron chi connectivity index (χ0n) is 12.3. The van der Waals surface area contributed by atoms with Gasteiger partial charge < -0.3 is 10.0 Å². The van der Waals surface area contributed by atoms with E-state index in [1.165, 1.54) is 4.88 Å². The van der Waals surface area contributed by atoms with Crippen molar-refractivity contribution in [2.24, 2.45) is 0 Å². The number of carbonyl (C=O) groups excluding carboxylic acids is 1. The fourth-order valence-electron chi connectivity index (χ4n) is 2.78. The van der Waals surface area contributed by atoms with Crippen molar-refractivity contribution < 1.29 is 9.90 Å². The molecule has 2 atom stereocenters. The molecule has 112 valence electrons. The molecule has 4 nitrogen and oxygen atoms in total. The monoisotopic (exact) mass is 296 g/mol. The van der Waals surface area contributed by atoms with E-state index >= 15 is 0 Å². The summed E-state index contributed by atoms with van der Waals surface area (Å²) in [6, 6.07) is 4.18. The first kappa shape index (κ1) is 15.5. The fourth-order valence-corrected chi connectivity index (χ4v) is 3.54. The van der Waals surface area contributed by atoms with E-state index in [1.54, 1.807) is 16.2 Å². The molecule has 1 fully saturated rings. The van der Waals surface area contributed by atoms with Crippen LogP contribution >= 0.6 is 11.3 Å². The minimum Gasteiger partial charge on any atom is -0.391 e. The van der Waals surface area contributed by atoms with Crippen LogP contribution in [-0.4, -0.2) is 53.6 Å². The minimum absolute atomic E-state index is 0.110. The molecule has 0 bridgehead atoms. The minimum atomic E-state index is -0.288. The van der Waals surface area contributed by atoms with Crippen LogP contribution in [-0.2, 0) is 11.3 Å². The number of rotatable bonds is 5. The zero-order valence-corrected chi connectivity index (χ0v) is 13.1. The molecule has 2 unspecified atom stereocenters. The molecule has 20 heavy (non-hydrogen) atoms. The van der Waals surface area contributed by atoms with Crippen molar-refractivity contribution in [1.82, 2.24) is 9.80 Å². The second-order valence-electron chi connectivity index (χ2n) is 5.66. The molecule has 2 rings (SSSR count).